The third kappa shape index (κ3) is 3.61. The number of ether oxygens (including phenoxy) is 1. The Labute approximate surface area is 180 Å². The summed E-state index contributed by atoms with van der Waals surface area (Å²) < 4.78 is 51.3. The third-order valence-electron chi connectivity index (χ3n) is 5.92. The highest BCUT2D eigenvalue weighted by molar-refractivity contribution is 6.38. The number of amides is 2. The molecular formula is C20H19ClF3N3O4. The van der Waals surface area contributed by atoms with Gasteiger partial charge in [-0.15, -0.1) is 0 Å². The lowest BCUT2D eigenvalue weighted by Crippen LogP contribution is -2.55. The number of hydrogen-bond donors (Lipinski definition) is 0. The summed E-state index contributed by atoms with van der Waals surface area (Å²) in [5, 5.41) is 3.30. The van der Waals surface area contributed by atoms with Gasteiger partial charge >= 0.3 is 12.3 Å². The fourth-order valence-electron chi connectivity index (χ4n) is 4.12. The smallest absolute Gasteiger partial charge is 0.424 e. The molecule has 0 bridgehead atoms. The van der Waals surface area contributed by atoms with Gasteiger partial charge in [0.05, 0.1) is 17.1 Å². The summed E-state index contributed by atoms with van der Waals surface area (Å²) in [6.45, 7) is 2.09. The second-order valence-corrected chi connectivity index (χ2v) is 8.32. The number of hydrogen-bond acceptors (Lipinski definition) is 5. The maximum atomic E-state index is 13.7. The first-order chi connectivity index (χ1) is 14.7. The van der Waals surface area contributed by atoms with E-state index >= 15 is 0 Å². The van der Waals surface area contributed by atoms with Gasteiger partial charge in [0.25, 0.3) is 5.91 Å². The van der Waals surface area contributed by atoms with E-state index < -0.39 is 29.3 Å². The second kappa shape index (κ2) is 7.30. The van der Waals surface area contributed by atoms with Crippen LogP contribution in [0, 0.1) is 0 Å². The quantitative estimate of drug-likeness (QED) is 0.694. The van der Waals surface area contributed by atoms with Crippen LogP contribution in [0.4, 0.5) is 18.0 Å². The van der Waals surface area contributed by atoms with E-state index in [0.717, 1.165) is 18.9 Å². The number of hydrazine groups is 1. The molecule has 3 aliphatic rings. The van der Waals surface area contributed by atoms with Crippen LogP contribution in [0.5, 0.6) is 0 Å². The van der Waals surface area contributed by atoms with Crippen LogP contribution in [0.15, 0.2) is 16.5 Å². The SMILES string of the molecule is O=C(c1oc2c(C(F)(F)F)cc(C3CC3)cc2c1Cl)N1CCN(N2CCOC2=O)CC1. The molecule has 2 aromatic rings. The Morgan fingerprint density at radius 3 is 2.39 bits per heavy atom. The van der Waals surface area contributed by atoms with E-state index in [9.17, 15) is 22.8 Å². The molecule has 5 rings (SSSR count). The van der Waals surface area contributed by atoms with Crippen LogP contribution in [0.1, 0.15) is 40.4 Å². The number of cyclic esters (lactones) is 1. The minimum Gasteiger partial charge on any atom is -0.449 e. The number of fused-ring (bicyclic) bond motifs is 1. The van der Waals surface area contributed by atoms with E-state index in [2.05, 4.69) is 0 Å². The van der Waals surface area contributed by atoms with Gasteiger partial charge < -0.3 is 14.1 Å². The Kier molecular flexibility index (Phi) is 4.82. The first-order valence-electron chi connectivity index (χ1n) is 10.1. The maximum Gasteiger partial charge on any atom is 0.424 e. The summed E-state index contributed by atoms with van der Waals surface area (Å²) in [7, 11) is 0. The van der Waals surface area contributed by atoms with Crippen molar-refractivity contribution < 1.29 is 31.9 Å². The van der Waals surface area contributed by atoms with Crippen molar-refractivity contribution in [2.45, 2.75) is 24.9 Å². The van der Waals surface area contributed by atoms with Gasteiger partial charge in [0.15, 0.2) is 0 Å². The van der Waals surface area contributed by atoms with Crippen LogP contribution < -0.4 is 0 Å². The first kappa shape index (κ1) is 20.4. The Balaban J connectivity index is 1.42. The van der Waals surface area contributed by atoms with E-state index in [1.807, 2.05) is 0 Å². The molecule has 0 unspecified atom stereocenters. The minimum atomic E-state index is -4.62. The summed E-state index contributed by atoms with van der Waals surface area (Å²) in [4.78, 5) is 26.2. The molecule has 1 aromatic carbocycles. The minimum absolute atomic E-state index is 0.0842. The number of carbonyl (C=O) groups excluding carboxylic acids is 2. The third-order valence-corrected chi connectivity index (χ3v) is 6.30. The predicted molar refractivity (Wildman–Crippen MR) is 104 cm³/mol. The number of alkyl halides is 3. The number of furan rings is 1. The zero-order valence-corrected chi connectivity index (χ0v) is 17.1. The lowest BCUT2D eigenvalue weighted by atomic mass is 10.0. The van der Waals surface area contributed by atoms with E-state index in [1.54, 1.807) is 11.1 Å². The van der Waals surface area contributed by atoms with Crippen molar-refractivity contribution in [3.05, 3.63) is 34.0 Å². The van der Waals surface area contributed by atoms with Gasteiger partial charge in [-0.3, -0.25) is 4.79 Å². The normalized spacial score (nSPS) is 20.6. The number of piperazine rings is 1. The fraction of sp³-hybridized carbons (Fsp3) is 0.500. The van der Waals surface area contributed by atoms with Crippen LogP contribution in [0.25, 0.3) is 11.0 Å². The highest BCUT2D eigenvalue weighted by Gasteiger charge is 2.39. The van der Waals surface area contributed by atoms with Gasteiger partial charge in [-0.1, -0.05) is 11.6 Å². The van der Waals surface area contributed by atoms with Crippen LogP contribution in [0.2, 0.25) is 5.02 Å². The second-order valence-electron chi connectivity index (χ2n) is 7.95. The molecule has 0 radical (unpaired) electrons. The van der Waals surface area contributed by atoms with E-state index in [-0.39, 0.29) is 35.2 Å². The van der Waals surface area contributed by atoms with Crippen molar-refractivity contribution in [2.75, 3.05) is 39.3 Å². The molecule has 2 saturated heterocycles. The summed E-state index contributed by atoms with van der Waals surface area (Å²) in [5.74, 6) is -0.768. The molecule has 2 amide bonds. The van der Waals surface area contributed by atoms with Crippen molar-refractivity contribution >= 4 is 34.6 Å². The van der Waals surface area contributed by atoms with Gasteiger partial charge in [0.2, 0.25) is 5.76 Å². The zero-order valence-electron chi connectivity index (χ0n) is 16.4. The topological polar surface area (TPSA) is 66.2 Å². The molecule has 3 heterocycles. The fourth-order valence-corrected chi connectivity index (χ4v) is 4.38. The summed E-state index contributed by atoms with van der Waals surface area (Å²) in [6.07, 6.45) is -3.38. The molecule has 1 saturated carbocycles. The van der Waals surface area contributed by atoms with Gasteiger partial charge in [-0.2, -0.15) is 13.2 Å². The monoisotopic (exact) mass is 457 g/mol. The molecular weight excluding hydrogens is 439 g/mol. The Morgan fingerprint density at radius 1 is 1.10 bits per heavy atom. The van der Waals surface area contributed by atoms with Crippen LogP contribution in [0.3, 0.4) is 0 Å². The average Bonchev–Trinajstić information content (AvgIpc) is 3.42. The number of nitrogens with zero attached hydrogens (tertiary/aromatic N) is 3. The van der Waals surface area contributed by atoms with Gasteiger partial charge in [-0.25, -0.2) is 14.8 Å². The van der Waals surface area contributed by atoms with Crippen LogP contribution >= 0.6 is 11.6 Å². The van der Waals surface area contributed by atoms with Gasteiger partial charge in [-0.05, 0) is 36.5 Å². The molecule has 0 atom stereocenters. The molecule has 11 heteroatoms. The van der Waals surface area contributed by atoms with E-state index in [1.165, 1.54) is 9.91 Å². The maximum absolute atomic E-state index is 13.7. The number of benzene rings is 1. The Hall–Kier alpha value is -2.46. The zero-order chi connectivity index (χ0) is 21.9. The Morgan fingerprint density at radius 2 is 1.81 bits per heavy atom. The van der Waals surface area contributed by atoms with Crippen LogP contribution in [-0.2, 0) is 10.9 Å². The van der Waals surface area contributed by atoms with Gasteiger partial charge in [0.1, 0.15) is 12.2 Å². The predicted octanol–water partition coefficient (Wildman–Crippen LogP) is 4.11. The summed E-state index contributed by atoms with van der Waals surface area (Å²) >= 11 is 6.35. The van der Waals surface area contributed by atoms with Crippen molar-refractivity contribution in [3.8, 4) is 0 Å². The molecule has 0 N–H and O–H groups in total. The lowest BCUT2D eigenvalue weighted by molar-refractivity contribution is -0.136. The van der Waals surface area contributed by atoms with Crippen molar-refractivity contribution in [1.82, 2.24) is 14.9 Å². The molecule has 3 fully saturated rings. The van der Waals surface area contributed by atoms with Gasteiger partial charge in [0, 0.05) is 31.6 Å². The van der Waals surface area contributed by atoms with Crippen molar-refractivity contribution in [2.24, 2.45) is 0 Å². The summed E-state index contributed by atoms with van der Waals surface area (Å²) in [5.41, 5.74) is -0.762. The summed E-state index contributed by atoms with van der Waals surface area (Å²) in [6, 6.07) is 2.70. The molecule has 0 spiro atoms. The van der Waals surface area contributed by atoms with Crippen molar-refractivity contribution in [1.29, 1.82) is 0 Å². The molecule has 1 aromatic heterocycles. The average molecular weight is 458 g/mol. The standard InChI is InChI=1S/C20H19ClF3N3O4/c21-15-13-9-12(11-1-2-11)10-14(20(22,23)24)16(13)31-17(15)18(28)25-3-5-26(6-4-25)27-7-8-30-19(27)29/h9-11H,1-8H2. The highest BCUT2D eigenvalue weighted by Crippen LogP contribution is 2.46. The van der Waals surface area contributed by atoms with Crippen molar-refractivity contribution in [3.63, 3.8) is 0 Å². The van der Waals surface area contributed by atoms with E-state index in [4.69, 9.17) is 20.8 Å². The molecule has 31 heavy (non-hydrogen) atoms. The largest absolute Gasteiger partial charge is 0.449 e. The number of carbonyl (C=O) groups is 2. The molecule has 7 nitrogen and oxygen atoms in total. The molecule has 2 aliphatic heterocycles. The van der Waals surface area contributed by atoms with Crippen LogP contribution in [-0.4, -0.2) is 66.2 Å². The first-order valence-corrected chi connectivity index (χ1v) is 10.4. The lowest BCUT2D eigenvalue weighted by Gasteiger charge is -2.37. The molecule has 166 valence electrons. The number of halogens is 4. The number of rotatable bonds is 3. The molecule has 1 aliphatic carbocycles. The van der Waals surface area contributed by atoms with E-state index in [0.29, 0.717) is 31.8 Å². The highest BCUT2D eigenvalue weighted by atomic mass is 35.5. The Bertz CT molecular complexity index is 1060.